The van der Waals surface area contributed by atoms with Gasteiger partial charge in [0.15, 0.2) is 5.76 Å². The Bertz CT molecular complexity index is 688. The van der Waals surface area contributed by atoms with E-state index in [4.69, 9.17) is 4.42 Å². The van der Waals surface area contributed by atoms with Crippen LogP contribution in [0.4, 0.5) is 9.18 Å². The predicted octanol–water partition coefficient (Wildman–Crippen LogP) is 3.20. The molecular weight excluding hydrogens is 333 g/mol. The molecule has 2 aromatic rings. The molecule has 1 aromatic heterocycles. The van der Waals surface area contributed by atoms with E-state index in [0.29, 0.717) is 23.1 Å². The molecule has 0 aliphatic carbocycles. The fraction of sp³-hybridized carbons (Fsp3) is 0.312. The van der Waals surface area contributed by atoms with Gasteiger partial charge < -0.3 is 9.73 Å². The summed E-state index contributed by atoms with van der Waals surface area (Å²) >= 11 is 1.07. The van der Waals surface area contributed by atoms with Crippen molar-refractivity contribution in [3.63, 3.8) is 0 Å². The highest BCUT2D eigenvalue weighted by Crippen LogP contribution is 2.25. The van der Waals surface area contributed by atoms with Gasteiger partial charge in [-0.05, 0) is 30.7 Å². The number of rotatable bonds is 7. The molecule has 0 saturated heterocycles. The second-order valence-corrected chi connectivity index (χ2v) is 5.87. The van der Waals surface area contributed by atoms with Crippen LogP contribution >= 0.6 is 11.8 Å². The molecule has 0 radical (unpaired) electrons. The molecule has 0 spiro atoms. The summed E-state index contributed by atoms with van der Waals surface area (Å²) in [6, 6.07) is 5.31. The third-order valence-corrected chi connectivity index (χ3v) is 3.85. The number of halogens is 1. The number of aromatic nitrogens is 1. The average Bonchev–Trinajstić information content (AvgIpc) is 3.03. The van der Waals surface area contributed by atoms with Crippen LogP contribution in [0.15, 0.2) is 40.1 Å². The number of unbranched alkanes of at least 4 members (excludes halogenated alkanes) is 1. The van der Waals surface area contributed by atoms with Gasteiger partial charge in [0.05, 0.1) is 11.9 Å². The van der Waals surface area contributed by atoms with Gasteiger partial charge in [-0.25, -0.2) is 14.2 Å². The maximum absolute atomic E-state index is 12.9. The van der Waals surface area contributed by atoms with E-state index in [-0.39, 0.29) is 11.6 Å². The highest BCUT2D eigenvalue weighted by molar-refractivity contribution is 7.99. The number of hydrogen-bond acceptors (Lipinski definition) is 5. The van der Waals surface area contributed by atoms with E-state index >= 15 is 0 Å². The number of imide groups is 1. The van der Waals surface area contributed by atoms with Gasteiger partial charge in [0.25, 0.3) is 5.22 Å². The second kappa shape index (κ2) is 9.07. The summed E-state index contributed by atoms with van der Waals surface area (Å²) in [6.45, 7) is 2.54. The maximum atomic E-state index is 12.9. The molecule has 3 amide bonds. The van der Waals surface area contributed by atoms with E-state index in [1.165, 1.54) is 18.3 Å². The minimum Gasteiger partial charge on any atom is -0.431 e. The molecule has 0 fully saturated rings. The van der Waals surface area contributed by atoms with Gasteiger partial charge in [0.2, 0.25) is 5.91 Å². The number of benzene rings is 1. The van der Waals surface area contributed by atoms with Crippen molar-refractivity contribution < 1.29 is 18.4 Å². The van der Waals surface area contributed by atoms with Crippen molar-refractivity contribution >= 4 is 23.7 Å². The summed E-state index contributed by atoms with van der Waals surface area (Å²) in [6.07, 6.45) is 3.33. The van der Waals surface area contributed by atoms with Gasteiger partial charge in [0.1, 0.15) is 5.82 Å². The molecule has 6 nitrogen and oxygen atoms in total. The summed E-state index contributed by atoms with van der Waals surface area (Å²) < 4.78 is 18.4. The first-order valence-electron chi connectivity index (χ1n) is 7.50. The molecule has 0 aliphatic heterocycles. The summed E-state index contributed by atoms with van der Waals surface area (Å²) in [4.78, 5) is 27.2. The van der Waals surface area contributed by atoms with Crippen LogP contribution in [-0.4, -0.2) is 29.2 Å². The van der Waals surface area contributed by atoms with E-state index in [9.17, 15) is 14.0 Å². The van der Waals surface area contributed by atoms with E-state index in [1.54, 1.807) is 12.1 Å². The Morgan fingerprint density at radius 3 is 2.75 bits per heavy atom. The van der Waals surface area contributed by atoms with E-state index in [1.807, 2.05) is 6.92 Å². The lowest BCUT2D eigenvalue weighted by atomic mass is 10.2. The van der Waals surface area contributed by atoms with Gasteiger partial charge in [-0.2, -0.15) is 0 Å². The van der Waals surface area contributed by atoms with Crippen molar-refractivity contribution in [3.05, 3.63) is 36.3 Å². The number of nitrogens with zero attached hydrogens (tertiary/aromatic N) is 1. The Balaban J connectivity index is 1.79. The summed E-state index contributed by atoms with van der Waals surface area (Å²) in [5.41, 5.74) is 0.690. The van der Waals surface area contributed by atoms with Crippen LogP contribution in [0.25, 0.3) is 11.3 Å². The van der Waals surface area contributed by atoms with Gasteiger partial charge >= 0.3 is 6.03 Å². The Morgan fingerprint density at radius 2 is 2.04 bits per heavy atom. The minimum absolute atomic E-state index is 0.00453. The lowest BCUT2D eigenvalue weighted by molar-refractivity contribution is -0.117. The molecule has 1 heterocycles. The zero-order chi connectivity index (χ0) is 17.4. The van der Waals surface area contributed by atoms with Crippen molar-refractivity contribution in [1.82, 2.24) is 15.6 Å². The normalized spacial score (nSPS) is 10.4. The average molecular weight is 351 g/mol. The quantitative estimate of drug-likeness (QED) is 0.591. The number of thioether (sulfide) groups is 1. The monoisotopic (exact) mass is 351 g/mol. The molecule has 2 rings (SSSR count). The van der Waals surface area contributed by atoms with Crippen LogP contribution in [0.5, 0.6) is 0 Å². The SMILES string of the molecule is CCCCNC(=O)NC(=O)CSc1ncc(-c2ccc(F)cc2)o1. The number of nitrogens with one attached hydrogen (secondary N) is 2. The van der Waals surface area contributed by atoms with Crippen LogP contribution in [0.3, 0.4) is 0 Å². The smallest absolute Gasteiger partial charge is 0.321 e. The molecule has 2 N–H and O–H groups in total. The van der Waals surface area contributed by atoms with E-state index in [0.717, 1.165) is 24.6 Å². The molecule has 128 valence electrons. The number of urea groups is 1. The molecule has 8 heteroatoms. The van der Waals surface area contributed by atoms with Gasteiger partial charge in [-0.1, -0.05) is 25.1 Å². The van der Waals surface area contributed by atoms with Crippen molar-refractivity contribution in [2.75, 3.05) is 12.3 Å². The van der Waals surface area contributed by atoms with Crippen molar-refractivity contribution in [3.8, 4) is 11.3 Å². The second-order valence-electron chi connectivity index (χ2n) is 4.94. The summed E-state index contributed by atoms with van der Waals surface area (Å²) in [7, 11) is 0. The van der Waals surface area contributed by atoms with Crippen LogP contribution in [0.2, 0.25) is 0 Å². The molecule has 0 atom stereocenters. The standard InChI is InChI=1S/C16H18FN3O3S/c1-2-3-8-18-15(22)20-14(21)10-24-16-19-9-13(23-16)11-4-6-12(17)7-5-11/h4-7,9H,2-3,8,10H2,1H3,(H2,18,20,21,22). The van der Waals surface area contributed by atoms with E-state index < -0.39 is 11.9 Å². The zero-order valence-electron chi connectivity index (χ0n) is 13.2. The van der Waals surface area contributed by atoms with Crippen molar-refractivity contribution in [2.24, 2.45) is 0 Å². The third-order valence-electron chi connectivity index (χ3n) is 3.01. The lowest BCUT2D eigenvalue weighted by Crippen LogP contribution is -2.40. The van der Waals surface area contributed by atoms with Gasteiger partial charge in [-0.15, -0.1) is 0 Å². The van der Waals surface area contributed by atoms with Crippen LogP contribution in [0, 0.1) is 5.82 Å². The topological polar surface area (TPSA) is 84.2 Å². The number of hydrogen-bond donors (Lipinski definition) is 2. The molecule has 0 saturated carbocycles. The molecule has 0 bridgehead atoms. The Morgan fingerprint density at radius 1 is 1.29 bits per heavy atom. The van der Waals surface area contributed by atoms with Crippen LogP contribution in [-0.2, 0) is 4.79 Å². The Hall–Kier alpha value is -2.35. The Kier molecular flexibility index (Phi) is 6.80. The van der Waals surface area contributed by atoms with Gasteiger partial charge in [-0.3, -0.25) is 10.1 Å². The highest BCUT2D eigenvalue weighted by atomic mass is 32.2. The molecular formula is C16H18FN3O3S. The summed E-state index contributed by atoms with van der Waals surface area (Å²) in [5.74, 6) is -0.280. The maximum Gasteiger partial charge on any atom is 0.321 e. The van der Waals surface area contributed by atoms with Crippen LogP contribution in [0.1, 0.15) is 19.8 Å². The van der Waals surface area contributed by atoms with Crippen molar-refractivity contribution in [2.45, 2.75) is 25.0 Å². The fourth-order valence-electron chi connectivity index (χ4n) is 1.79. The largest absolute Gasteiger partial charge is 0.431 e. The molecule has 1 aromatic carbocycles. The van der Waals surface area contributed by atoms with Crippen molar-refractivity contribution in [1.29, 1.82) is 0 Å². The fourth-order valence-corrected chi connectivity index (χ4v) is 2.39. The first kappa shape index (κ1) is 18.0. The highest BCUT2D eigenvalue weighted by Gasteiger charge is 2.11. The first-order chi connectivity index (χ1) is 11.6. The number of carbonyl (C=O) groups is 2. The summed E-state index contributed by atoms with van der Waals surface area (Å²) in [5, 5.41) is 5.13. The number of oxazole rings is 1. The minimum atomic E-state index is -0.506. The number of amides is 3. The third kappa shape index (κ3) is 5.69. The molecule has 24 heavy (non-hydrogen) atoms. The predicted molar refractivity (Wildman–Crippen MR) is 89.1 cm³/mol. The molecule has 0 unspecified atom stereocenters. The lowest BCUT2D eigenvalue weighted by Gasteiger charge is -2.04. The molecule has 0 aliphatic rings. The zero-order valence-corrected chi connectivity index (χ0v) is 14.0. The Labute approximate surface area is 143 Å². The van der Waals surface area contributed by atoms with Crippen LogP contribution < -0.4 is 10.6 Å². The van der Waals surface area contributed by atoms with E-state index in [2.05, 4.69) is 15.6 Å². The first-order valence-corrected chi connectivity index (χ1v) is 8.49. The number of carbonyl (C=O) groups excluding carboxylic acids is 2. The van der Waals surface area contributed by atoms with Gasteiger partial charge in [0, 0.05) is 12.1 Å².